The van der Waals surface area contributed by atoms with Gasteiger partial charge in [-0.3, -0.25) is 33.3 Å². The highest BCUT2D eigenvalue weighted by Gasteiger charge is 2.27. The van der Waals surface area contributed by atoms with Gasteiger partial charge < -0.3 is 45.7 Å². The fourth-order valence-corrected chi connectivity index (χ4v) is 9.60. The molecule has 0 saturated heterocycles. The second-order valence-electron chi connectivity index (χ2n) is 21.4. The molecule has 0 unspecified atom stereocenters. The lowest BCUT2D eigenvalue weighted by atomic mass is 10.0. The number of rotatable bonds is 56. The molecule has 0 aliphatic carbocycles. The summed E-state index contributed by atoms with van der Waals surface area (Å²) in [7, 11) is -4.88. The molecule has 7 N–H and O–H groups in total. The summed E-state index contributed by atoms with van der Waals surface area (Å²) in [4.78, 5) is 98.5. The maximum absolute atomic E-state index is 13.7. The lowest BCUT2D eigenvalue weighted by Crippen LogP contribution is -2.48. The van der Waals surface area contributed by atoms with E-state index >= 15 is 0 Å². The summed E-state index contributed by atoms with van der Waals surface area (Å²) >= 11 is 0. The zero-order chi connectivity index (χ0) is 57.0. The Labute approximate surface area is 466 Å². The summed E-state index contributed by atoms with van der Waals surface area (Å²) in [5.41, 5.74) is 5.62. The molecule has 4 atom stereocenters. The first-order valence-electron chi connectivity index (χ1n) is 31.0. The van der Waals surface area contributed by atoms with Crippen LogP contribution in [0.2, 0.25) is 0 Å². The van der Waals surface area contributed by atoms with Gasteiger partial charge in [0.2, 0.25) is 17.7 Å². The largest absolute Gasteiger partial charge is 0.469 e. The molecule has 0 heterocycles. The number of ether oxygens (including phenoxy) is 3. The predicted molar refractivity (Wildman–Crippen MR) is 307 cm³/mol. The van der Waals surface area contributed by atoms with E-state index in [4.69, 9.17) is 19.9 Å². The summed E-state index contributed by atoms with van der Waals surface area (Å²) in [6.45, 7) is 8.63. The van der Waals surface area contributed by atoms with Crippen LogP contribution >= 0.6 is 7.82 Å². The van der Waals surface area contributed by atoms with Gasteiger partial charge in [-0.15, -0.1) is 0 Å². The van der Waals surface area contributed by atoms with E-state index in [0.717, 1.165) is 122 Å². The molecule has 0 saturated carbocycles. The minimum absolute atomic E-state index is 0.0464. The molecule has 0 aliphatic heterocycles. The van der Waals surface area contributed by atoms with E-state index in [9.17, 15) is 43.1 Å². The summed E-state index contributed by atoms with van der Waals surface area (Å²) < 4.78 is 33.6. The number of phosphoric ester groups is 1. The average Bonchev–Trinajstić information content (AvgIpc) is 3.38. The second kappa shape index (κ2) is 52.3. The number of hydrogen-bond acceptors (Lipinski definition) is 12. The smallest absolute Gasteiger partial charge is 0.463 e. The zero-order valence-electron chi connectivity index (χ0n) is 49.0. The average molecular weight is 1120 g/mol. The van der Waals surface area contributed by atoms with Crippen LogP contribution in [0.25, 0.3) is 0 Å². The third-order valence-electron chi connectivity index (χ3n) is 13.9. The highest BCUT2D eigenvalue weighted by Crippen LogP contribution is 2.35. The molecule has 77 heavy (non-hydrogen) atoms. The molecule has 17 nitrogen and oxygen atoms in total. The Kier molecular flexibility index (Phi) is 50.2. The van der Waals surface area contributed by atoms with Crippen LogP contribution in [0.4, 0.5) is 0 Å². The van der Waals surface area contributed by atoms with Crippen LogP contribution in [-0.4, -0.2) is 96.0 Å². The number of phosphoric acid groups is 1. The first-order valence-corrected chi connectivity index (χ1v) is 32.5. The standard InChI is InChI=1S/C59H113N4O13P/c1-5-9-13-17-19-21-23-27-30-38-51(75-57(67)41-32-25-15-11-7-3)47-54(64)62-50(49-73-56(66)40-34-29-35-44-60)37-36-45-61-59(69)53(43-46-74-77(70,71)72)63-55(65)48-52(76-58(68)42-33-26-16-12-8-4)39-31-28-24-22-20-18-14-10-6-2/h50-53H,5-49,60H2,1-4H3,(H,61,69)(H,62,64)(H,63,65)(H2,70,71,72)/t50-,51-,52-,53+/m1/s1. The number of carbonyl (C=O) groups is 6. The number of esters is 3. The van der Waals surface area contributed by atoms with Crippen molar-refractivity contribution >= 4 is 43.5 Å². The van der Waals surface area contributed by atoms with Crippen LogP contribution in [-0.2, 0) is 52.1 Å². The van der Waals surface area contributed by atoms with Gasteiger partial charge in [-0.2, -0.15) is 0 Å². The van der Waals surface area contributed by atoms with Gasteiger partial charge in [0.05, 0.1) is 25.5 Å². The van der Waals surface area contributed by atoms with Crippen LogP contribution in [0.1, 0.15) is 291 Å². The lowest BCUT2D eigenvalue weighted by Gasteiger charge is -2.23. The van der Waals surface area contributed by atoms with Crippen LogP contribution in [0.5, 0.6) is 0 Å². The summed E-state index contributed by atoms with van der Waals surface area (Å²) in [5.74, 6) is -2.62. The highest BCUT2D eigenvalue weighted by atomic mass is 31.2. The Morgan fingerprint density at radius 2 is 0.857 bits per heavy atom. The van der Waals surface area contributed by atoms with Crippen LogP contribution in [0, 0.1) is 0 Å². The van der Waals surface area contributed by atoms with Crippen LogP contribution in [0.3, 0.4) is 0 Å². The van der Waals surface area contributed by atoms with Gasteiger partial charge in [-0.25, -0.2) is 4.57 Å². The van der Waals surface area contributed by atoms with Gasteiger partial charge >= 0.3 is 25.7 Å². The summed E-state index contributed by atoms with van der Waals surface area (Å²) in [5, 5.41) is 8.49. The molecule has 18 heteroatoms. The Morgan fingerprint density at radius 1 is 0.468 bits per heavy atom. The fourth-order valence-electron chi connectivity index (χ4n) is 9.25. The Morgan fingerprint density at radius 3 is 1.29 bits per heavy atom. The third-order valence-corrected chi connectivity index (χ3v) is 14.4. The Balaban J connectivity index is 5.94. The maximum Gasteiger partial charge on any atom is 0.469 e. The molecule has 0 rings (SSSR count). The SMILES string of the molecule is CCCCCCCCCCC[C@H](CC(=O)N[C@H](CCCNC(=O)[C@H](CCOP(=O)(O)O)NC(=O)C[C@@H](CCCCCCCCCCC)OC(=O)CCCCCCC)COC(=O)CCCCCN)OC(=O)CCCCCCC. The van der Waals surface area contributed by atoms with Gasteiger partial charge in [-0.05, 0) is 70.8 Å². The van der Waals surface area contributed by atoms with Crippen molar-refractivity contribution < 1.29 is 61.9 Å². The van der Waals surface area contributed by atoms with Gasteiger partial charge in [0, 0.05) is 32.2 Å². The second-order valence-corrected chi connectivity index (χ2v) is 22.6. The molecular formula is C59H113N4O13P. The first kappa shape index (κ1) is 73.9. The normalized spacial score (nSPS) is 13.1. The zero-order valence-corrected chi connectivity index (χ0v) is 49.9. The van der Waals surface area contributed by atoms with Crippen molar-refractivity contribution in [1.29, 1.82) is 0 Å². The molecule has 0 bridgehead atoms. The Bertz CT molecular complexity index is 1540. The molecule has 0 aliphatic rings. The fraction of sp³-hybridized carbons (Fsp3) is 0.898. The van der Waals surface area contributed by atoms with E-state index in [1.807, 2.05) is 0 Å². The van der Waals surface area contributed by atoms with E-state index in [1.54, 1.807) is 0 Å². The van der Waals surface area contributed by atoms with Gasteiger partial charge in [-0.1, -0.05) is 188 Å². The highest BCUT2D eigenvalue weighted by molar-refractivity contribution is 7.46. The summed E-state index contributed by atoms with van der Waals surface area (Å²) in [6, 6.07) is -1.88. The van der Waals surface area contributed by atoms with E-state index in [-0.39, 0.29) is 69.5 Å². The van der Waals surface area contributed by atoms with E-state index in [0.29, 0.717) is 45.1 Å². The molecule has 3 amide bonds. The molecule has 0 aromatic rings. The first-order chi connectivity index (χ1) is 37.2. The van der Waals surface area contributed by atoms with Crippen molar-refractivity contribution in [2.24, 2.45) is 5.73 Å². The molecule has 0 aromatic carbocycles. The van der Waals surface area contributed by atoms with Crippen LogP contribution in [0.15, 0.2) is 0 Å². The van der Waals surface area contributed by atoms with Gasteiger partial charge in [0.15, 0.2) is 0 Å². The lowest BCUT2D eigenvalue weighted by molar-refractivity contribution is -0.152. The number of hydrogen-bond donors (Lipinski definition) is 6. The predicted octanol–water partition coefficient (Wildman–Crippen LogP) is 12.6. The van der Waals surface area contributed by atoms with Crippen LogP contribution < -0.4 is 21.7 Å². The number of nitrogens with two attached hydrogens (primary N) is 1. The number of unbranched alkanes of at least 4 members (excludes halogenated alkanes) is 26. The van der Waals surface area contributed by atoms with Gasteiger partial charge in [0.1, 0.15) is 24.9 Å². The monoisotopic (exact) mass is 1120 g/mol. The van der Waals surface area contributed by atoms with Crippen molar-refractivity contribution in [3.05, 3.63) is 0 Å². The molecule has 452 valence electrons. The van der Waals surface area contributed by atoms with Gasteiger partial charge in [0.25, 0.3) is 0 Å². The van der Waals surface area contributed by atoms with E-state index in [1.165, 1.54) is 64.2 Å². The number of carbonyl (C=O) groups excluding carboxylic acids is 6. The molecule has 0 spiro atoms. The third kappa shape index (κ3) is 49.7. The number of amides is 3. The van der Waals surface area contributed by atoms with Crippen molar-refractivity contribution in [2.75, 3.05) is 26.3 Å². The van der Waals surface area contributed by atoms with Crippen molar-refractivity contribution in [2.45, 2.75) is 315 Å². The minimum Gasteiger partial charge on any atom is -0.463 e. The molecular weight excluding hydrogens is 1000 g/mol. The minimum atomic E-state index is -4.88. The van der Waals surface area contributed by atoms with Crippen molar-refractivity contribution in [1.82, 2.24) is 16.0 Å². The Hall–Kier alpha value is -3.11. The number of nitrogens with one attached hydrogen (secondary N) is 3. The molecule has 0 fully saturated rings. The van der Waals surface area contributed by atoms with Crippen molar-refractivity contribution in [3.8, 4) is 0 Å². The summed E-state index contributed by atoms with van der Waals surface area (Å²) in [6.07, 6.45) is 32.7. The van der Waals surface area contributed by atoms with E-state index in [2.05, 4.69) is 48.2 Å². The molecule has 0 radical (unpaired) electrons. The van der Waals surface area contributed by atoms with Crippen molar-refractivity contribution in [3.63, 3.8) is 0 Å². The maximum atomic E-state index is 13.7. The molecule has 0 aromatic heterocycles. The topological polar surface area (TPSA) is 259 Å². The van der Waals surface area contributed by atoms with E-state index < -0.39 is 56.5 Å². The quantitative estimate of drug-likeness (QED) is 0.0143.